The SMILES string of the molecule is CN1CCC[C@H]1COc1cc(/N=C/C=C(\N)C(O)O)nc(/C(N)=C2\CCC[C@@]3(CCCc4s[c-]c(C#N)c43)C2=O)n1.[Mn]. The van der Waals surface area contributed by atoms with E-state index >= 15 is 0 Å². The normalized spacial score (nSPS) is 24.1. The minimum absolute atomic E-state index is 0. The molecular formula is C29H34MnN7O4S-. The number of nitrogens with zero attached hydrogens (tertiary/aromatic N) is 5. The Morgan fingerprint density at radius 3 is 2.79 bits per heavy atom. The number of rotatable bonds is 7. The van der Waals surface area contributed by atoms with Crippen molar-refractivity contribution < 1.29 is 36.8 Å². The van der Waals surface area contributed by atoms with E-state index in [1.54, 1.807) is 6.07 Å². The molecule has 5 rings (SSSR count). The molecule has 1 saturated heterocycles. The average Bonchev–Trinajstić information content (AvgIpc) is 3.59. The number of carbonyl (C=O) groups excluding carboxylic acids is 1. The van der Waals surface area contributed by atoms with Crippen molar-refractivity contribution in [2.75, 3.05) is 20.2 Å². The number of ketones is 1. The molecule has 2 fully saturated rings. The minimum Gasteiger partial charge on any atom is -0.476 e. The summed E-state index contributed by atoms with van der Waals surface area (Å²) in [4.78, 5) is 30.8. The first kappa shape index (κ1) is 31.8. The van der Waals surface area contributed by atoms with Crippen molar-refractivity contribution in [2.45, 2.75) is 69.1 Å². The molecule has 1 radical (unpaired) electrons. The second kappa shape index (κ2) is 13.5. The maximum atomic E-state index is 14.2. The van der Waals surface area contributed by atoms with E-state index in [1.165, 1.54) is 23.6 Å². The first-order valence-corrected chi connectivity index (χ1v) is 14.6. The van der Waals surface area contributed by atoms with Crippen LogP contribution in [0.5, 0.6) is 5.88 Å². The Morgan fingerprint density at radius 1 is 1.33 bits per heavy atom. The fourth-order valence-corrected chi connectivity index (χ4v) is 7.09. The standard InChI is InChI=1S/C29H34N7O4S.Mn/c1-36-12-4-5-18(36)15-40-23-13-22(33-11-8-20(31)28(38)39)34-27(35-23)25(32)19-6-2-9-29(26(19)37)10-3-7-21-24(29)17(14-30)16-41-21;/h8,11,13,18,28,38-39H,2-7,9-10,12,15,31-32H2,1H3;/q-1;/b20-8-,25-19-,33-11+;/t18-,29-;/m0./s1. The van der Waals surface area contributed by atoms with E-state index < -0.39 is 11.7 Å². The van der Waals surface area contributed by atoms with Crippen LogP contribution >= 0.6 is 11.3 Å². The Morgan fingerprint density at radius 2 is 2.10 bits per heavy atom. The first-order valence-electron chi connectivity index (χ1n) is 13.8. The number of nitrogens with two attached hydrogens (primary N) is 2. The second-order valence-electron chi connectivity index (χ2n) is 10.8. The number of carbonyl (C=O) groups is 1. The maximum absolute atomic E-state index is 14.2. The molecule has 1 spiro atoms. The van der Waals surface area contributed by atoms with Crippen LogP contribution in [0.15, 0.2) is 28.4 Å². The third-order valence-electron chi connectivity index (χ3n) is 8.26. The van der Waals surface area contributed by atoms with Gasteiger partial charge in [0.2, 0.25) is 5.88 Å². The van der Waals surface area contributed by atoms with Crippen LogP contribution in [0.2, 0.25) is 0 Å². The number of nitriles is 1. The summed E-state index contributed by atoms with van der Waals surface area (Å²) in [5.41, 5.74) is 13.2. The molecule has 0 bridgehead atoms. The number of aromatic nitrogens is 2. The van der Waals surface area contributed by atoms with Gasteiger partial charge >= 0.3 is 0 Å². The molecule has 0 unspecified atom stereocenters. The van der Waals surface area contributed by atoms with E-state index in [4.69, 9.17) is 16.2 Å². The van der Waals surface area contributed by atoms with Crippen LogP contribution in [0.25, 0.3) is 5.70 Å². The molecule has 2 aliphatic carbocycles. The van der Waals surface area contributed by atoms with E-state index in [1.807, 2.05) is 0 Å². The zero-order valence-electron chi connectivity index (χ0n) is 23.3. The van der Waals surface area contributed by atoms with Gasteiger partial charge in [-0.3, -0.25) is 21.4 Å². The fraction of sp³-hybridized carbons (Fsp3) is 0.483. The number of hydrogen-bond acceptors (Lipinski definition) is 12. The summed E-state index contributed by atoms with van der Waals surface area (Å²) in [7, 11) is 2.06. The minimum atomic E-state index is -1.81. The van der Waals surface area contributed by atoms with E-state index in [0.29, 0.717) is 37.0 Å². The van der Waals surface area contributed by atoms with Crippen molar-refractivity contribution in [2.24, 2.45) is 16.5 Å². The molecule has 3 heterocycles. The number of Topliss-reactive ketones (excluding diaryl/α,β-unsaturated/α-hetero) is 1. The summed E-state index contributed by atoms with van der Waals surface area (Å²) >= 11 is 1.43. The molecule has 2 atom stereocenters. The summed E-state index contributed by atoms with van der Waals surface area (Å²) in [5.74, 6) is 0.525. The molecule has 0 amide bonds. The Bertz CT molecular complexity index is 1460. The van der Waals surface area contributed by atoms with Crippen LogP contribution in [0.4, 0.5) is 5.82 Å². The third kappa shape index (κ3) is 6.29. The number of likely N-dealkylation sites (tertiary alicyclic amines) is 1. The molecular weight excluding hydrogens is 597 g/mol. The molecule has 2 aromatic rings. The fourth-order valence-electron chi connectivity index (χ4n) is 6.07. The number of likely N-dealkylation sites (N-methyl/N-ethyl adjacent to an activating group) is 1. The van der Waals surface area contributed by atoms with Gasteiger partial charge in [0, 0.05) is 46.4 Å². The Balaban J connectivity index is 0.00000405. The van der Waals surface area contributed by atoms with Gasteiger partial charge in [0.1, 0.15) is 6.61 Å². The van der Waals surface area contributed by atoms with Gasteiger partial charge in [-0.1, -0.05) is 23.8 Å². The van der Waals surface area contributed by atoms with Gasteiger partial charge in [-0.2, -0.15) is 4.98 Å². The van der Waals surface area contributed by atoms with Crippen LogP contribution in [0.3, 0.4) is 0 Å². The van der Waals surface area contributed by atoms with Crippen molar-refractivity contribution >= 4 is 34.8 Å². The quantitative estimate of drug-likeness (QED) is 0.116. The van der Waals surface area contributed by atoms with Gasteiger partial charge in [-0.15, -0.1) is 10.4 Å². The number of aliphatic imine (C=N–C) groups is 1. The molecule has 2 aromatic heterocycles. The molecule has 11 nitrogen and oxygen atoms in total. The monoisotopic (exact) mass is 631 g/mol. The molecule has 0 aromatic carbocycles. The Kier molecular flexibility index (Phi) is 10.2. The van der Waals surface area contributed by atoms with Crippen molar-refractivity contribution in [1.82, 2.24) is 14.9 Å². The number of fused-ring (bicyclic) bond motifs is 2. The zero-order valence-corrected chi connectivity index (χ0v) is 25.3. The number of ether oxygens (including phenoxy) is 1. The molecule has 1 aliphatic heterocycles. The molecule has 6 N–H and O–H groups in total. The number of aliphatic hydroxyl groups is 2. The van der Waals surface area contributed by atoms with Crippen molar-refractivity contribution in [1.29, 1.82) is 5.26 Å². The van der Waals surface area contributed by atoms with Gasteiger partial charge < -0.3 is 31.3 Å². The van der Waals surface area contributed by atoms with Crippen molar-refractivity contribution in [3.05, 3.63) is 50.6 Å². The summed E-state index contributed by atoms with van der Waals surface area (Å²) in [6.07, 6.45) is 7.09. The number of hydrogen-bond donors (Lipinski definition) is 4. The zero-order chi connectivity index (χ0) is 29.1. The summed E-state index contributed by atoms with van der Waals surface area (Å²) in [6, 6.07) is 4.05. The average molecular weight is 632 g/mol. The van der Waals surface area contributed by atoms with Crippen LogP contribution < -0.4 is 16.2 Å². The van der Waals surface area contributed by atoms with E-state index in [9.17, 15) is 20.3 Å². The van der Waals surface area contributed by atoms with Gasteiger partial charge in [0.15, 0.2) is 23.7 Å². The predicted molar refractivity (Wildman–Crippen MR) is 154 cm³/mol. The van der Waals surface area contributed by atoms with Gasteiger partial charge in [-0.05, 0) is 64.3 Å². The van der Waals surface area contributed by atoms with Gasteiger partial charge in [-0.25, -0.2) is 9.98 Å². The first-order chi connectivity index (χ1) is 19.7. The molecule has 42 heavy (non-hydrogen) atoms. The van der Waals surface area contributed by atoms with Crippen LogP contribution in [0.1, 0.15) is 66.8 Å². The largest absolute Gasteiger partial charge is 0.476 e. The maximum Gasteiger partial charge on any atom is 0.219 e. The van der Waals surface area contributed by atoms with Crippen LogP contribution in [0, 0.1) is 16.7 Å². The number of thiophene rings is 1. The van der Waals surface area contributed by atoms with Crippen molar-refractivity contribution in [3.63, 3.8) is 0 Å². The van der Waals surface area contributed by atoms with Crippen LogP contribution in [-0.2, 0) is 33.7 Å². The summed E-state index contributed by atoms with van der Waals surface area (Å²) in [5, 5.41) is 31.3. The number of allylic oxidation sites excluding steroid dienone is 2. The topological polar surface area (TPSA) is 184 Å². The summed E-state index contributed by atoms with van der Waals surface area (Å²) in [6.45, 7) is 1.43. The smallest absolute Gasteiger partial charge is 0.219 e. The predicted octanol–water partition coefficient (Wildman–Crippen LogP) is 2.23. The number of aliphatic hydroxyl groups excluding tert-OH is 1. The Labute approximate surface area is 259 Å². The van der Waals surface area contributed by atoms with E-state index in [-0.39, 0.29) is 57.8 Å². The molecule has 13 heteroatoms. The van der Waals surface area contributed by atoms with E-state index in [2.05, 4.69) is 38.4 Å². The molecule has 1 saturated carbocycles. The van der Waals surface area contributed by atoms with Crippen molar-refractivity contribution in [3.8, 4) is 11.9 Å². The Hall–Kier alpha value is -3.11. The van der Waals surface area contributed by atoms with Crippen LogP contribution in [-0.4, -0.2) is 69.6 Å². The third-order valence-corrected chi connectivity index (χ3v) is 9.22. The van der Waals surface area contributed by atoms with Gasteiger partial charge in [0.25, 0.3) is 0 Å². The number of aryl methyl sites for hydroxylation is 1. The van der Waals surface area contributed by atoms with E-state index in [0.717, 1.165) is 49.1 Å². The molecule has 3 aliphatic rings. The molecule has 223 valence electrons. The summed E-state index contributed by atoms with van der Waals surface area (Å²) < 4.78 is 6.06. The van der Waals surface area contributed by atoms with Gasteiger partial charge in [0.05, 0.1) is 11.4 Å². The second-order valence-corrected chi connectivity index (χ2v) is 11.7.